The molecule has 3 N–H and O–H groups in total. The first-order chi connectivity index (χ1) is 20.0. The summed E-state index contributed by atoms with van der Waals surface area (Å²) in [5.41, 5.74) is 1.95. The van der Waals surface area contributed by atoms with Gasteiger partial charge >= 0.3 is 5.97 Å². The first-order valence-corrected chi connectivity index (χ1v) is 15.0. The van der Waals surface area contributed by atoms with E-state index in [1.807, 2.05) is 0 Å². The van der Waals surface area contributed by atoms with E-state index >= 15 is 4.39 Å². The molecular weight excluding hydrogens is 571 g/mol. The fraction of sp³-hybridized carbons (Fsp3) is 0.200. The number of carboxylic acid groups (broad SMARTS) is 1. The third kappa shape index (κ3) is 6.49. The van der Waals surface area contributed by atoms with E-state index in [-0.39, 0.29) is 59.9 Å². The van der Waals surface area contributed by atoms with Crippen molar-refractivity contribution in [3.05, 3.63) is 101 Å². The van der Waals surface area contributed by atoms with Crippen LogP contribution in [0, 0.1) is 17.5 Å². The van der Waals surface area contributed by atoms with E-state index in [1.54, 1.807) is 24.4 Å². The predicted octanol–water partition coefficient (Wildman–Crippen LogP) is 5.96. The second kappa shape index (κ2) is 11.7. The van der Waals surface area contributed by atoms with Gasteiger partial charge < -0.3 is 19.8 Å². The highest BCUT2D eigenvalue weighted by Gasteiger charge is 2.20. The summed E-state index contributed by atoms with van der Waals surface area (Å²) in [5, 5.41) is 9.51. The van der Waals surface area contributed by atoms with Gasteiger partial charge in [-0.2, -0.15) is 0 Å². The zero-order valence-corrected chi connectivity index (χ0v) is 23.2. The van der Waals surface area contributed by atoms with Crippen molar-refractivity contribution in [2.45, 2.75) is 25.7 Å². The number of hydrogen-bond acceptors (Lipinski definition) is 5. The van der Waals surface area contributed by atoms with Crippen molar-refractivity contribution in [3.8, 4) is 22.9 Å². The first kappa shape index (κ1) is 28.9. The minimum absolute atomic E-state index is 0.00391. The quantitative estimate of drug-likeness (QED) is 0.173. The number of carboxylic acids is 1. The van der Waals surface area contributed by atoms with Crippen molar-refractivity contribution in [1.82, 2.24) is 15.0 Å². The van der Waals surface area contributed by atoms with E-state index in [4.69, 9.17) is 9.84 Å². The molecule has 42 heavy (non-hydrogen) atoms. The molecule has 12 heteroatoms. The van der Waals surface area contributed by atoms with Crippen LogP contribution in [0.1, 0.15) is 28.8 Å². The fourth-order valence-electron chi connectivity index (χ4n) is 4.73. The van der Waals surface area contributed by atoms with Crippen molar-refractivity contribution in [2.75, 3.05) is 12.0 Å². The Hall–Kier alpha value is -4.58. The normalized spacial score (nSPS) is 11.7. The Balaban J connectivity index is 1.42. The molecule has 0 spiro atoms. The molecule has 5 rings (SSSR count). The number of hydrogen-bond donors (Lipinski definition) is 3. The summed E-state index contributed by atoms with van der Waals surface area (Å²) in [7, 11) is -3.35. The molecule has 0 bridgehead atoms. The summed E-state index contributed by atoms with van der Waals surface area (Å²) in [5.74, 6) is -3.04. The number of ether oxygens (including phenoxy) is 1. The Morgan fingerprint density at radius 2 is 1.81 bits per heavy atom. The zero-order valence-electron chi connectivity index (χ0n) is 22.4. The van der Waals surface area contributed by atoms with Crippen LogP contribution >= 0.6 is 0 Å². The number of nitrogens with one attached hydrogen (secondary N) is 2. The standard InChI is InChI=1S/C30H26F3N3O5S/c1-42(39,40)12-10-22-21-9-11-34-26(21)15-25(32)29(22)41-20-6-7-24(31)23(14-20)30-35-16-19(36-30)13-18-4-2-3-17(28(18)33)5-8-27(37)38/h2-4,6-7,9,11,14-16,34H,5,8,10,12-13H2,1H3,(H,35,36)(H,37,38). The minimum Gasteiger partial charge on any atom is -0.481 e. The van der Waals surface area contributed by atoms with Crippen LogP contribution in [0.15, 0.2) is 60.9 Å². The molecule has 0 aliphatic rings. The third-order valence-corrected chi connectivity index (χ3v) is 7.72. The molecule has 0 fully saturated rings. The van der Waals surface area contributed by atoms with Crippen LogP contribution in [0.3, 0.4) is 0 Å². The molecule has 0 saturated heterocycles. The van der Waals surface area contributed by atoms with Gasteiger partial charge in [-0.15, -0.1) is 0 Å². The molecule has 2 heterocycles. The molecule has 8 nitrogen and oxygen atoms in total. The van der Waals surface area contributed by atoms with Gasteiger partial charge in [0, 0.05) is 59.7 Å². The van der Waals surface area contributed by atoms with Crippen LogP contribution in [0.25, 0.3) is 22.3 Å². The van der Waals surface area contributed by atoms with Gasteiger partial charge in [-0.05, 0) is 48.2 Å². The van der Waals surface area contributed by atoms with Crippen LogP contribution in [0.5, 0.6) is 11.5 Å². The number of aryl methyl sites for hydroxylation is 2. The Morgan fingerprint density at radius 1 is 1.02 bits per heavy atom. The van der Waals surface area contributed by atoms with Gasteiger partial charge in [0.1, 0.15) is 33.0 Å². The predicted molar refractivity (Wildman–Crippen MR) is 151 cm³/mol. The highest BCUT2D eigenvalue weighted by Crippen LogP contribution is 2.36. The fourth-order valence-corrected chi connectivity index (χ4v) is 5.31. The summed E-state index contributed by atoms with van der Waals surface area (Å²) >= 11 is 0. The van der Waals surface area contributed by atoms with E-state index in [2.05, 4.69) is 15.0 Å². The minimum atomic E-state index is -3.35. The average molecular weight is 598 g/mol. The van der Waals surface area contributed by atoms with Crippen LogP contribution in [0.2, 0.25) is 0 Å². The van der Waals surface area contributed by atoms with E-state index in [0.717, 1.165) is 12.3 Å². The molecule has 0 radical (unpaired) electrons. The Bertz CT molecular complexity index is 1900. The number of halogens is 3. The number of H-pyrrole nitrogens is 2. The monoisotopic (exact) mass is 597 g/mol. The van der Waals surface area contributed by atoms with Gasteiger partial charge in [0.25, 0.3) is 0 Å². The Kier molecular flexibility index (Phi) is 8.08. The van der Waals surface area contributed by atoms with Crippen LogP contribution in [-0.2, 0) is 33.9 Å². The Morgan fingerprint density at radius 3 is 2.57 bits per heavy atom. The molecule has 218 valence electrons. The summed E-state index contributed by atoms with van der Waals surface area (Å²) in [6.07, 6.45) is 4.10. The molecule has 0 amide bonds. The molecule has 0 aliphatic heterocycles. The van der Waals surface area contributed by atoms with Crippen molar-refractivity contribution in [2.24, 2.45) is 0 Å². The third-order valence-electron chi connectivity index (χ3n) is 6.78. The summed E-state index contributed by atoms with van der Waals surface area (Å²) in [6, 6.07) is 11.5. The summed E-state index contributed by atoms with van der Waals surface area (Å²) in [4.78, 5) is 21.0. The smallest absolute Gasteiger partial charge is 0.303 e. The van der Waals surface area contributed by atoms with Crippen LogP contribution in [-0.4, -0.2) is 46.5 Å². The maximum absolute atomic E-state index is 15.2. The Labute approximate surface area is 239 Å². The summed E-state index contributed by atoms with van der Waals surface area (Å²) < 4.78 is 74.6. The van der Waals surface area contributed by atoms with Gasteiger partial charge in [0.05, 0.1) is 11.3 Å². The number of benzene rings is 3. The molecule has 3 aromatic carbocycles. The number of imidazole rings is 1. The average Bonchev–Trinajstić information content (AvgIpc) is 3.59. The van der Waals surface area contributed by atoms with Crippen molar-refractivity contribution in [1.29, 1.82) is 0 Å². The molecule has 0 aliphatic carbocycles. The number of fused-ring (bicyclic) bond motifs is 1. The molecule has 0 atom stereocenters. The van der Waals surface area contributed by atoms with Gasteiger partial charge in [-0.1, -0.05) is 18.2 Å². The zero-order chi connectivity index (χ0) is 30.0. The second-order valence-electron chi connectivity index (χ2n) is 9.95. The van der Waals surface area contributed by atoms with E-state index in [1.165, 1.54) is 30.5 Å². The second-order valence-corrected chi connectivity index (χ2v) is 12.2. The lowest BCUT2D eigenvalue weighted by molar-refractivity contribution is -0.136. The topological polar surface area (TPSA) is 125 Å². The van der Waals surface area contributed by atoms with E-state index < -0.39 is 33.3 Å². The number of rotatable bonds is 11. The highest BCUT2D eigenvalue weighted by molar-refractivity contribution is 7.90. The maximum Gasteiger partial charge on any atom is 0.303 e. The number of carbonyl (C=O) groups is 1. The first-order valence-electron chi connectivity index (χ1n) is 12.9. The van der Waals surface area contributed by atoms with Gasteiger partial charge in [0.2, 0.25) is 0 Å². The van der Waals surface area contributed by atoms with Crippen LogP contribution in [0.4, 0.5) is 13.2 Å². The van der Waals surface area contributed by atoms with Gasteiger partial charge in [-0.3, -0.25) is 4.79 Å². The number of nitrogens with zero attached hydrogens (tertiary/aromatic N) is 1. The van der Waals surface area contributed by atoms with Crippen LogP contribution < -0.4 is 4.74 Å². The number of aliphatic carboxylic acids is 1. The number of aromatic amines is 2. The maximum atomic E-state index is 15.2. The molecule has 2 aromatic heterocycles. The van der Waals surface area contributed by atoms with Gasteiger partial charge in [-0.25, -0.2) is 26.6 Å². The molecule has 0 unspecified atom stereocenters. The van der Waals surface area contributed by atoms with Crippen molar-refractivity contribution < 1.29 is 36.2 Å². The lowest BCUT2D eigenvalue weighted by Crippen LogP contribution is -2.08. The van der Waals surface area contributed by atoms with E-state index in [9.17, 15) is 22.0 Å². The lowest BCUT2D eigenvalue weighted by atomic mass is 10.0. The highest BCUT2D eigenvalue weighted by atomic mass is 32.2. The van der Waals surface area contributed by atoms with Crippen molar-refractivity contribution in [3.63, 3.8) is 0 Å². The SMILES string of the molecule is CS(=O)(=O)CCc1c(Oc2ccc(F)c(-c3ncc(Cc4cccc(CCC(=O)O)c4F)[nH]3)c2)c(F)cc2[nH]ccc12. The summed E-state index contributed by atoms with van der Waals surface area (Å²) in [6.45, 7) is 0. The lowest BCUT2D eigenvalue weighted by Gasteiger charge is -2.14. The molecule has 5 aromatic rings. The van der Waals surface area contributed by atoms with E-state index in [0.29, 0.717) is 27.7 Å². The van der Waals surface area contributed by atoms with Gasteiger partial charge in [0.15, 0.2) is 11.6 Å². The largest absolute Gasteiger partial charge is 0.481 e. The molecule has 0 saturated carbocycles. The number of sulfone groups is 1. The van der Waals surface area contributed by atoms with Crippen molar-refractivity contribution >= 4 is 26.7 Å². The molecular formula is C30H26F3N3O5S. The number of aromatic nitrogens is 3.